The third-order valence-corrected chi connectivity index (χ3v) is 4.15. The molecule has 0 bridgehead atoms. The summed E-state index contributed by atoms with van der Waals surface area (Å²) in [5.74, 6) is 0.875. The summed E-state index contributed by atoms with van der Waals surface area (Å²) in [6, 6.07) is 4.81. The Morgan fingerprint density at radius 1 is 1.00 bits per heavy atom. The first-order valence-electron chi connectivity index (χ1n) is 7.86. The van der Waals surface area contributed by atoms with Gasteiger partial charge < -0.3 is 9.42 Å². The van der Waals surface area contributed by atoms with E-state index in [4.69, 9.17) is 4.52 Å². The molecule has 1 aliphatic rings. The Labute approximate surface area is 132 Å². The van der Waals surface area contributed by atoms with Gasteiger partial charge in [0, 0.05) is 5.56 Å². The second-order valence-corrected chi connectivity index (χ2v) is 5.93. The van der Waals surface area contributed by atoms with Gasteiger partial charge in [0.15, 0.2) is 6.54 Å². The largest absolute Gasteiger partial charge is 0.416 e. The monoisotopic (exact) mass is 326 g/mol. The van der Waals surface area contributed by atoms with E-state index >= 15 is 0 Å². The lowest BCUT2D eigenvalue weighted by Crippen LogP contribution is -3.10. The molecule has 0 spiro atoms. The van der Waals surface area contributed by atoms with E-state index in [1.165, 1.54) is 42.7 Å². The third kappa shape index (κ3) is 4.10. The van der Waals surface area contributed by atoms with Gasteiger partial charge in [-0.1, -0.05) is 17.3 Å². The lowest BCUT2D eigenvalue weighted by molar-refractivity contribution is -0.914. The molecule has 0 amide bonds. The molecule has 0 saturated carbocycles. The van der Waals surface area contributed by atoms with E-state index in [2.05, 4.69) is 10.1 Å². The number of quaternary nitrogens is 1. The van der Waals surface area contributed by atoms with Crippen molar-refractivity contribution in [3.05, 3.63) is 35.7 Å². The fourth-order valence-corrected chi connectivity index (χ4v) is 2.87. The summed E-state index contributed by atoms with van der Waals surface area (Å²) in [5, 5.41) is 3.89. The molecule has 7 heteroatoms. The van der Waals surface area contributed by atoms with Crippen LogP contribution in [0.3, 0.4) is 0 Å². The first-order chi connectivity index (χ1) is 11.0. The minimum Gasteiger partial charge on any atom is -0.333 e. The minimum absolute atomic E-state index is 0.336. The van der Waals surface area contributed by atoms with Gasteiger partial charge in [0.05, 0.1) is 18.7 Å². The molecule has 3 rings (SSSR count). The fraction of sp³-hybridized carbons (Fsp3) is 0.500. The lowest BCUT2D eigenvalue weighted by atomic mass is 10.1. The predicted molar refractivity (Wildman–Crippen MR) is 77.6 cm³/mol. The Bertz CT molecular complexity index is 629. The molecule has 1 aromatic carbocycles. The second kappa shape index (κ2) is 6.70. The van der Waals surface area contributed by atoms with Crippen molar-refractivity contribution >= 4 is 0 Å². The standard InChI is InChI=1S/C16H18F3N3O/c17-16(18,19)13-7-5-12(6-8-13)15-20-14(23-21-15)11-22-9-3-1-2-4-10-22/h5-8H,1-4,9-11H2/p+1. The van der Waals surface area contributed by atoms with Crippen LogP contribution in [0.1, 0.15) is 37.1 Å². The van der Waals surface area contributed by atoms with Gasteiger partial charge in [0.25, 0.3) is 5.89 Å². The summed E-state index contributed by atoms with van der Waals surface area (Å²) < 4.78 is 43.0. The molecule has 2 heterocycles. The van der Waals surface area contributed by atoms with Crippen LogP contribution < -0.4 is 4.90 Å². The highest BCUT2D eigenvalue weighted by atomic mass is 19.4. The molecule has 1 saturated heterocycles. The van der Waals surface area contributed by atoms with Crippen LogP contribution in [0.5, 0.6) is 0 Å². The molecule has 1 fully saturated rings. The molecule has 0 radical (unpaired) electrons. The highest BCUT2D eigenvalue weighted by Gasteiger charge is 2.30. The molecular weight excluding hydrogens is 307 g/mol. The van der Waals surface area contributed by atoms with E-state index < -0.39 is 11.7 Å². The van der Waals surface area contributed by atoms with Gasteiger partial charge in [-0.2, -0.15) is 18.2 Å². The van der Waals surface area contributed by atoms with Crippen molar-refractivity contribution in [2.24, 2.45) is 0 Å². The van der Waals surface area contributed by atoms with Crippen LogP contribution in [0, 0.1) is 0 Å². The molecule has 0 atom stereocenters. The molecule has 4 nitrogen and oxygen atoms in total. The van der Waals surface area contributed by atoms with Crippen LogP contribution in [0.15, 0.2) is 28.8 Å². The topological polar surface area (TPSA) is 43.4 Å². The van der Waals surface area contributed by atoms with Crippen molar-refractivity contribution in [2.45, 2.75) is 38.4 Å². The highest BCUT2D eigenvalue weighted by Crippen LogP contribution is 2.30. The van der Waals surface area contributed by atoms with Crippen LogP contribution in [-0.4, -0.2) is 23.2 Å². The Morgan fingerprint density at radius 2 is 1.65 bits per heavy atom. The molecule has 1 aliphatic heterocycles. The summed E-state index contributed by atoms with van der Waals surface area (Å²) in [6.07, 6.45) is 0.607. The van der Waals surface area contributed by atoms with Crippen molar-refractivity contribution in [1.82, 2.24) is 10.1 Å². The molecule has 1 N–H and O–H groups in total. The summed E-state index contributed by atoms with van der Waals surface area (Å²) in [4.78, 5) is 5.74. The van der Waals surface area contributed by atoms with Crippen molar-refractivity contribution in [3.8, 4) is 11.4 Å². The molecule has 0 unspecified atom stereocenters. The van der Waals surface area contributed by atoms with Crippen LogP contribution in [0.25, 0.3) is 11.4 Å². The zero-order valence-corrected chi connectivity index (χ0v) is 12.7. The zero-order chi connectivity index (χ0) is 16.3. The Morgan fingerprint density at radius 3 is 2.26 bits per heavy atom. The predicted octanol–water partition coefficient (Wildman–Crippen LogP) is 2.71. The number of benzene rings is 1. The van der Waals surface area contributed by atoms with Crippen LogP contribution >= 0.6 is 0 Å². The summed E-state index contributed by atoms with van der Waals surface area (Å²) in [5.41, 5.74) is -0.155. The number of nitrogens with one attached hydrogen (secondary N) is 1. The maximum Gasteiger partial charge on any atom is 0.416 e. The minimum atomic E-state index is -4.34. The number of hydrogen-bond acceptors (Lipinski definition) is 3. The average molecular weight is 326 g/mol. The SMILES string of the molecule is FC(F)(F)c1ccc(-c2noc(C[NH+]3CCCCCC3)n2)cc1. The number of likely N-dealkylation sites (tertiary alicyclic amines) is 1. The summed E-state index contributed by atoms with van der Waals surface area (Å²) in [6.45, 7) is 2.86. The first kappa shape index (κ1) is 16.0. The average Bonchev–Trinajstić information content (AvgIpc) is 2.83. The third-order valence-electron chi connectivity index (χ3n) is 4.15. The maximum absolute atomic E-state index is 12.6. The molecule has 23 heavy (non-hydrogen) atoms. The Balaban J connectivity index is 1.68. The molecule has 0 aliphatic carbocycles. The van der Waals surface area contributed by atoms with E-state index in [-0.39, 0.29) is 0 Å². The zero-order valence-electron chi connectivity index (χ0n) is 12.7. The van der Waals surface area contributed by atoms with E-state index in [1.54, 1.807) is 0 Å². The number of alkyl halides is 3. The van der Waals surface area contributed by atoms with Crippen LogP contribution in [0.2, 0.25) is 0 Å². The van der Waals surface area contributed by atoms with E-state index in [0.717, 1.165) is 25.2 Å². The first-order valence-corrected chi connectivity index (χ1v) is 7.86. The van der Waals surface area contributed by atoms with Crippen molar-refractivity contribution < 1.29 is 22.6 Å². The van der Waals surface area contributed by atoms with Gasteiger partial charge in [-0.25, -0.2) is 0 Å². The normalized spacial score (nSPS) is 17.2. The van der Waals surface area contributed by atoms with Gasteiger partial charge in [-0.15, -0.1) is 0 Å². The lowest BCUT2D eigenvalue weighted by Gasteiger charge is -2.13. The molecule has 1 aromatic heterocycles. The van der Waals surface area contributed by atoms with Crippen LogP contribution in [-0.2, 0) is 12.7 Å². The number of aromatic nitrogens is 2. The highest BCUT2D eigenvalue weighted by molar-refractivity contribution is 5.54. The summed E-state index contributed by atoms with van der Waals surface area (Å²) >= 11 is 0. The van der Waals surface area contributed by atoms with Gasteiger partial charge in [0.1, 0.15) is 0 Å². The number of halogens is 3. The molecule has 2 aromatic rings. The van der Waals surface area contributed by atoms with Gasteiger partial charge in [0.2, 0.25) is 5.82 Å². The number of nitrogens with zero attached hydrogens (tertiary/aromatic N) is 2. The summed E-state index contributed by atoms with van der Waals surface area (Å²) in [7, 11) is 0. The van der Waals surface area contributed by atoms with Gasteiger partial charge >= 0.3 is 6.18 Å². The van der Waals surface area contributed by atoms with E-state index in [0.29, 0.717) is 23.8 Å². The quantitative estimate of drug-likeness (QED) is 0.943. The van der Waals surface area contributed by atoms with Crippen molar-refractivity contribution in [1.29, 1.82) is 0 Å². The molecular formula is C16H19F3N3O+. The van der Waals surface area contributed by atoms with Gasteiger partial charge in [-0.3, -0.25) is 0 Å². The van der Waals surface area contributed by atoms with E-state index in [1.807, 2.05) is 0 Å². The maximum atomic E-state index is 12.6. The van der Waals surface area contributed by atoms with Crippen LogP contribution in [0.4, 0.5) is 13.2 Å². The van der Waals surface area contributed by atoms with Crippen molar-refractivity contribution in [2.75, 3.05) is 13.1 Å². The van der Waals surface area contributed by atoms with Gasteiger partial charge in [-0.05, 0) is 37.8 Å². The van der Waals surface area contributed by atoms with E-state index in [9.17, 15) is 13.2 Å². The molecule has 124 valence electrons. The second-order valence-electron chi connectivity index (χ2n) is 5.93. The number of hydrogen-bond donors (Lipinski definition) is 1. The van der Waals surface area contributed by atoms with Crippen molar-refractivity contribution in [3.63, 3.8) is 0 Å². The Kier molecular flexibility index (Phi) is 4.66. The smallest absolute Gasteiger partial charge is 0.333 e. The Hall–Kier alpha value is -1.89. The number of rotatable bonds is 3. The fourth-order valence-electron chi connectivity index (χ4n) is 2.87.